The Hall–Kier alpha value is -0.910. The van der Waals surface area contributed by atoms with E-state index in [4.69, 9.17) is 0 Å². The van der Waals surface area contributed by atoms with Gasteiger partial charge in [-0.3, -0.25) is 0 Å². The predicted molar refractivity (Wildman–Crippen MR) is 72.3 cm³/mol. The van der Waals surface area contributed by atoms with Crippen molar-refractivity contribution in [1.29, 1.82) is 0 Å². The molecule has 1 unspecified atom stereocenters. The summed E-state index contributed by atoms with van der Waals surface area (Å²) in [6, 6.07) is 9.43. The Morgan fingerprint density at radius 3 is 2.33 bits per heavy atom. The van der Waals surface area contributed by atoms with Gasteiger partial charge in [0.15, 0.2) is 0 Å². The molecular formula is C13H20N2O2S. The summed E-state index contributed by atoms with van der Waals surface area (Å²) in [6.07, 6.45) is 3.04. The highest BCUT2D eigenvalue weighted by atomic mass is 32.2. The van der Waals surface area contributed by atoms with Crippen LogP contribution in [0.25, 0.3) is 0 Å². The molecule has 1 saturated heterocycles. The Labute approximate surface area is 109 Å². The molecule has 1 heterocycles. The lowest BCUT2D eigenvalue weighted by atomic mass is 10.1. The Morgan fingerprint density at radius 2 is 1.72 bits per heavy atom. The molecule has 4 nitrogen and oxygen atoms in total. The second kappa shape index (κ2) is 5.82. The van der Waals surface area contributed by atoms with Crippen molar-refractivity contribution in [1.82, 2.24) is 9.03 Å². The average Bonchev–Trinajstić information content (AvgIpc) is 2.40. The molecule has 2 rings (SSSR count). The topological polar surface area (TPSA) is 49.4 Å². The fraction of sp³-hybridized carbons (Fsp3) is 0.538. The molecule has 5 heteroatoms. The van der Waals surface area contributed by atoms with Crippen molar-refractivity contribution in [3.8, 4) is 0 Å². The van der Waals surface area contributed by atoms with Crippen LogP contribution in [0.2, 0.25) is 0 Å². The minimum atomic E-state index is -3.35. The van der Waals surface area contributed by atoms with Gasteiger partial charge in [0, 0.05) is 19.1 Å². The van der Waals surface area contributed by atoms with Crippen molar-refractivity contribution in [2.45, 2.75) is 32.2 Å². The molecule has 1 aromatic rings. The largest absolute Gasteiger partial charge is 0.279 e. The zero-order valence-corrected chi connectivity index (χ0v) is 11.5. The molecule has 0 bridgehead atoms. The summed E-state index contributed by atoms with van der Waals surface area (Å²) in [7, 11) is -3.35. The van der Waals surface area contributed by atoms with Gasteiger partial charge >= 0.3 is 0 Å². The van der Waals surface area contributed by atoms with Gasteiger partial charge in [0.05, 0.1) is 0 Å². The van der Waals surface area contributed by atoms with Gasteiger partial charge in [-0.2, -0.15) is 17.4 Å². The number of hydrogen-bond acceptors (Lipinski definition) is 2. The zero-order valence-electron chi connectivity index (χ0n) is 10.7. The van der Waals surface area contributed by atoms with E-state index in [1.807, 2.05) is 37.3 Å². The Morgan fingerprint density at radius 1 is 1.11 bits per heavy atom. The summed E-state index contributed by atoms with van der Waals surface area (Å²) in [5, 5.41) is 0. The highest BCUT2D eigenvalue weighted by Gasteiger charge is 2.25. The average molecular weight is 268 g/mol. The minimum Gasteiger partial charge on any atom is -0.195 e. The standard InChI is InChI=1S/C13H20N2O2S/c1-12(13-8-4-2-5-9-13)14-18(16,17)15-10-6-3-7-11-15/h2,4-5,8-9,12,14H,3,6-7,10-11H2,1H3. The van der Waals surface area contributed by atoms with Crippen LogP contribution in [0.4, 0.5) is 0 Å². The number of hydrogen-bond donors (Lipinski definition) is 1. The quantitative estimate of drug-likeness (QED) is 0.908. The number of piperidine rings is 1. The Kier molecular flexibility index (Phi) is 4.37. The zero-order chi connectivity index (χ0) is 13.0. The number of nitrogens with one attached hydrogen (secondary N) is 1. The predicted octanol–water partition coefficient (Wildman–Crippen LogP) is 2.07. The normalized spacial score (nSPS) is 19.6. The van der Waals surface area contributed by atoms with Crippen LogP contribution in [0.5, 0.6) is 0 Å². The molecule has 1 aliphatic rings. The summed E-state index contributed by atoms with van der Waals surface area (Å²) < 4.78 is 28.7. The SMILES string of the molecule is CC(NS(=O)(=O)N1CCCCC1)c1ccccc1. The highest BCUT2D eigenvalue weighted by Crippen LogP contribution is 2.16. The molecular weight excluding hydrogens is 248 g/mol. The van der Waals surface area contributed by atoms with E-state index in [0.717, 1.165) is 24.8 Å². The fourth-order valence-corrected chi connectivity index (χ4v) is 3.68. The third kappa shape index (κ3) is 3.31. The third-order valence-electron chi connectivity index (χ3n) is 3.28. The van der Waals surface area contributed by atoms with Crippen LogP contribution in [-0.4, -0.2) is 25.8 Å². The maximum absolute atomic E-state index is 12.2. The second-order valence-corrected chi connectivity index (χ2v) is 6.42. The first kappa shape index (κ1) is 13.5. The fourth-order valence-electron chi connectivity index (χ4n) is 2.21. The molecule has 0 spiro atoms. The maximum Gasteiger partial charge on any atom is 0.279 e. The molecule has 0 aromatic heterocycles. The lowest BCUT2D eigenvalue weighted by molar-refractivity contribution is 0.339. The van der Waals surface area contributed by atoms with E-state index < -0.39 is 10.2 Å². The lowest BCUT2D eigenvalue weighted by Gasteiger charge is -2.27. The Balaban J connectivity index is 2.03. The molecule has 1 aromatic carbocycles. The molecule has 100 valence electrons. The summed E-state index contributed by atoms with van der Waals surface area (Å²) in [5.41, 5.74) is 0.984. The molecule has 0 aliphatic carbocycles. The molecule has 0 radical (unpaired) electrons. The van der Waals surface area contributed by atoms with Crippen LogP contribution < -0.4 is 4.72 Å². The van der Waals surface area contributed by atoms with Gasteiger partial charge in [0.25, 0.3) is 10.2 Å². The van der Waals surface area contributed by atoms with Crippen molar-refractivity contribution >= 4 is 10.2 Å². The van der Waals surface area contributed by atoms with Gasteiger partial charge in [-0.25, -0.2) is 0 Å². The summed E-state index contributed by atoms with van der Waals surface area (Å²) in [5.74, 6) is 0. The first-order valence-corrected chi connectivity index (χ1v) is 7.86. The van der Waals surface area contributed by atoms with Crippen LogP contribution >= 0.6 is 0 Å². The van der Waals surface area contributed by atoms with Gasteiger partial charge in [0.1, 0.15) is 0 Å². The molecule has 0 amide bonds. The monoisotopic (exact) mass is 268 g/mol. The molecule has 1 fully saturated rings. The van der Waals surface area contributed by atoms with Crippen LogP contribution in [-0.2, 0) is 10.2 Å². The van der Waals surface area contributed by atoms with Crippen molar-refractivity contribution < 1.29 is 8.42 Å². The molecule has 1 N–H and O–H groups in total. The van der Waals surface area contributed by atoms with Crippen LogP contribution in [0.15, 0.2) is 30.3 Å². The van der Waals surface area contributed by atoms with Crippen molar-refractivity contribution in [2.75, 3.05) is 13.1 Å². The van der Waals surface area contributed by atoms with E-state index in [-0.39, 0.29) is 6.04 Å². The molecule has 1 atom stereocenters. The lowest BCUT2D eigenvalue weighted by Crippen LogP contribution is -2.44. The first-order chi connectivity index (χ1) is 8.59. The maximum atomic E-state index is 12.2. The summed E-state index contributed by atoms with van der Waals surface area (Å²) >= 11 is 0. The molecule has 18 heavy (non-hydrogen) atoms. The van der Waals surface area contributed by atoms with E-state index in [1.54, 1.807) is 4.31 Å². The summed E-state index contributed by atoms with van der Waals surface area (Å²) in [4.78, 5) is 0. The van der Waals surface area contributed by atoms with Crippen LogP contribution in [0, 0.1) is 0 Å². The first-order valence-electron chi connectivity index (χ1n) is 6.42. The molecule has 0 saturated carbocycles. The van der Waals surface area contributed by atoms with Gasteiger partial charge in [-0.05, 0) is 25.3 Å². The third-order valence-corrected chi connectivity index (χ3v) is 4.98. The van der Waals surface area contributed by atoms with Gasteiger partial charge in [0.2, 0.25) is 0 Å². The van der Waals surface area contributed by atoms with E-state index in [9.17, 15) is 8.42 Å². The smallest absolute Gasteiger partial charge is 0.195 e. The Bertz CT molecular complexity index is 467. The van der Waals surface area contributed by atoms with Gasteiger partial charge < -0.3 is 0 Å². The minimum absolute atomic E-state index is 0.196. The van der Waals surface area contributed by atoms with Gasteiger partial charge in [-0.15, -0.1) is 0 Å². The van der Waals surface area contributed by atoms with E-state index in [2.05, 4.69) is 4.72 Å². The van der Waals surface area contributed by atoms with E-state index in [0.29, 0.717) is 13.1 Å². The van der Waals surface area contributed by atoms with Crippen molar-refractivity contribution in [3.63, 3.8) is 0 Å². The van der Waals surface area contributed by atoms with Crippen LogP contribution in [0.1, 0.15) is 37.8 Å². The van der Waals surface area contributed by atoms with Gasteiger partial charge in [-0.1, -0.05) is 36.8 Å². The van der Waals surface area contributed by atoms with Crippen molar-refractivity contribution in [2.24, 2.45) is 0 Å². The molecule has 1 aliphatic heterocycles. The number of rotatable bonds is 4. The second-order valence-electron chi connectivity index (χ2n) is 4.71. The number of nitrogens with zero attached hydrogens (tertiary/aromatic N) is 1. The van der Waals surface area contributed by atoms with Crippen LogP contribution in [0.3, 0.4) is 0 Å². The van der Waals surface area contributed by atoms with E-state index >= 15 is 0 Å². The van der Waals surface area contributed by atoms with Crippen molar-refractivity contribution in [3.05, 3.63) is 35.9 Å². The van der Waals surface area contributed by atoms with E-state index in [1.165, 1.54) is 0 Å². The highest BCUT2D eigenvalue weighted by molar-refractivity contribution is 7.87. The number of benzene rings is 1. The summed E-state index contributed by atoms with van der Waals surface area (Å²) in [6.45, 7) is 3.14.